The Bertz CT molecular complexity index is 755. The average molecular weight is 352 g/mol. The molecule has 1 atom stereocenters. The zero-order valence-electron chi connectivity index (χ0n) is 12.7. The first-order valence-electron chi connectivity index (χ1n) is 7.13. The van der Waals surface area contributed by atoms with Gasteiger partial charge in [-0.3, -0.25) is 4.79 Å². The number of aliphatic carboxylic acids is 1. The second kappa shape index (κ2) is 7.25. The highest BCUT2D eigenvalue weighted by molar-refractivity contribution is 5.96. The lowest BCUT2D eigenvalue weighted by atomic mass is 10.0. The molecular weight excluding hydrogens is 339 g/mol. The van der Waals surface area contributed by atoms with Gasteiger partial charge in [-0.25, -0.2) is 0 Å². The standard InChI is InChI=1S/C17H14F3NO4/c18-17(19,20)12-5-3-11(4-6-12)15(23)21-14(16(24)25)9-10-1-7-13(22)8-2-10/h1-8,14,22H,9H2,(H,21,23)(H,24,25)/p-1/t14-/m1/s1. The maximum Gasteiger partial charge on any atom is 0.416 e. The molecule has 0 saturated heterocycles. The van der Waals surface area contributed by atoms with E-state index in [4.69, 9.17) is 0 Å². The van der Waals surface area contributed by atoms with Crippen LogP contribution < -0.4 is 10.4 Å². The maximum atomic E-state index is 12.5. The van der Waals surface area contributed by atoms with E-state index in [0.717, 1.165) is 24.3 Å². The van der Waals surface area contributed by atoms with Crippen molar-refractivity contribution in [3.63, 3.8) is 0 Å². The van der Waals surface area contributed by atoms with E-state index in [1.165, 1.54) is 24.3 Å². The van der Waals surface area contributed by atoms with E-state index in [2.05, 4.69) is 5.32 Å². The number of aromatic hydroxyl groups is 1. The molecule has 0 bridgehead atoms. The third-order valence-electron chi connectivity index (χ3n) is 3.44. The summed E-state index contributed by atoms with van der Waals surface area (Å²) in [6.45, 7) is 0. The van der Waals surface area contributed by atoms with Crippen LogP contribution in [0.3, 0.4) is 0 Å². The molecule has 25 heavy (non-hydrogen) atoms. The summed E-state index contributed by atoms with van der Waals surface area (Å²) >= 11 is 0. The molecular formula is C17H13F3NO4-. The molecule has 0 aromatic heterocycles. The van der Waals surface area contributed by atoms with E-state index in [0.29, 0.717) is 5.56 Å². The molecule has 0 aliphatic carbocycles. The van der Waals surface area contributed by atoms with Gasteiger partial charge in [-0.05, 0) is 48.4 Å². The number of carbonyl (C=O) groups excluding carboxylic acids is 2. The molecule has 0 heterocycles. The molecule has 0 saturated carbocycles. The summed E-state index contributed by atoms with van der Waals surface area (Å²) in [5, 5.41) is 22.6. The van der Waals surface area contributed by atoms with Crippen LogP contribution in [0.1, 0.15) is 21.5 Å². The third kappa shape index (κ3) is 4.97. The van der Waals surface area contributed by atoms with Gasteiger partial charge in [0, 0.05) is 5.56 Å². The van der Waals surface area contributed by atoms with Crippen LogP contribution in [0, 0.1) is 0 Å². The van der Waals surface area contributed by atoms with E-state index < -0.39 is 29.7 Å². The number of alkyl halides is 3. The van der Waals surface area contributed by atoms with Crippen molar-refractivity contribution < 1.29 is 33.0 Å². The lowest BCUT2D eigenvalue weighted by molar-refractivity contribution is -0.308. The van der Waals surface area contributed by atoms with Gasteiger partial charge in [-0.1, -0.05) is 12.1 Å². The minimum absolute atomic E-state index is 0.00235. The maximum absolute atomic E-state index is 12.5. The first kappa shape index (κ1) is 18.3. The predicted octanol–water partition coefficient (Wildman–Crippen LogP) is 1.50. The fraction of sp³-hybridized carbons (Fsp3) is 0.176. The zero-order chi connectivity index (χ0) is 18.6. The first-order valence-corrected chi connectivity index (χ1v) is 7.13. The molecule has 0 aliphatic heterocycles. The number of nitrogens with one attached hydrogen (secondary N) is 1. The molecule has 0 fully saturated rings. The second-order valence-electron chi connectivity index (χ2n) is 5.29. The van der Waals surface area contributed by atoms with Crippen LogP contribution in [0.5, 0.6) is 5.75 Å². The van der Waals surface area contributed by atoms with Gasteiger partial charge in [0.05, 0.1) is 17.6 Å². The summed E-state index contributed by atoms with van der Waals surface area (Å²) in [4.78, 5) is 23.2. The number of amides is 1. The number of carboxylic acid groups (broad SMARTS) is 1. The molecule has 132 valence electrons. The Hall–Kier alpha value is -3.03. The SMILES string of the molecule is O=C(N[C@H](Cc1ccc(O)cc1)C(=O)[O-])c1ccc(C(F)(F)F)cc1. The summed E-state index contributed by atoms with van der Waals surface area (Å²) in [6, 6.07) is 7.71. The number of carboxylic acids is 1. The first-order chi connectivity index (χ1) is 11.7. The highest BCUT2D eigenvalue weighted by Crippen LogP contribution is 2.29. The topological polar surface area (TPSA) is 89.5 Å². The van der Waals surface area contributed by atoms with Gasteiger partial charge in [0.25, 0.3) is 5.91 Å². The molecule has 2 N–H and O–H groups in total. The molecule has 0 aliphatic rings. The monoisotopic (exact) mass is 352 g/mol. The van der Waals surface area contributed by atoms with Gasteiger partial charge >= 0.3 is 6.18 Å². The molecule has 1 amide bonds. The molecule has 0 unspecified atom stereocenters. The number of rotatable bonds is 5. The Kier molecular flexibility index (Phi) is 5.31. The van der Waals surface area contributed by atoms with E-state index in [1.54, 1.807) is 0 Å². The second-order valence-corrected chi connectivity index (χ2v) is 5.29. The number of hydrogen-bond acceptors (Lipinski definition) is 4. The molecule has 2 rings (SSSR count). The predicted molar refractivity (Wildman–Crippen MR) is 79.5 cm³/mol. The number of halogens is 3. The Morgan fingerprint density at radius 2 is 1.60 bits per heavy atom. The van der Waals surface area contributed by atoms with Gasteiger partial charge in [0.15, 0.2) is 0 Å². The molecule has 2 aromatic rings. The molecule has 0 spiro atoms. The Morgan fingerprint density at radius 3 is 2.08 bits per heavy atom. The van der Waals surface area contributed by atoms with Crippen LogP contribution in [0.2, 0.25) is 0 Å². The molecule has 5 nitrogen and oxygen atoms in total. The average Bonchev–Trinajstić information content (AvgIpc) is 2.55. The van der Waals surface area contributed by atoms with Crippen LogP contribution in [0.15, 0.2) is 48.5 Å². The van der Waals surface area contributed by atoms with Crippen molar-refractivity contribution in [2.24, 2.45) is 0 Å². The number of benzene rings is 2. The summed E-state index contributed by atoms with van der Waals surface area (Å²) in [5.41, 5.74) is -0.491. The summed E-state index contributed by atoms with van der Waals surface area (Å²) < 4.78 is 37.5. The fourth-order valence-corrected chi connectivity index (χ4v) is 2.11. The normalized spacial score (nSPS) is 12.4. The summed E-state index contributed by atoms with van der Waals surface area (Å²) in [5.74, 6) is -2.36. The highest BCUT2D eigenvalue weighted by Gasteiger charge is 2.30. The Morgan fingerprint density at radius 1 is 1.04 bits per heavy atom. The number of phenolic OH excluding ortho intramolecular Hbond substituents is 1. The van der Waals surface area contributed by atoms with Crippen molar-refractivity contribution in [3.05, 3.63) is 65.2 Å². The van der Waals surface area contributed by atoms with Crippen molar-refractivity contribution in [1.82, 2.24) is 5.32 Å². The minimum atomic E-state index is -4.53. The van der Waals surface area contributed by atoms with Gasteiger partial charge in [0.2, 0.25) is 0 Å². The van der Waals surface area contributed by atoms with Crippen molar-refractivity contribution in [2.45, 2.75) is 18.6 Å². The minimum Gasteiger partial charge on any atom is -0.548 e. The van der Waals surface area contributed by atoms with Gasteiger partial charge in [0.1, 0.15) is 5.75 Å². The van der Waals surface area contributed by atoms with Crippen LogP contribution in [-0.4, -0.2) is 23.0 Å². The van der Waals surface area contributed by atoms with Gasteiger partial charge in [-0.15, -0.1) is 0 Å². The van der Waals surface area contributed by atoms with Gasteiger partial charge < -0.3 is 20.3 Å². The highest BCUT2D eigenvalue weighted by atomic mass is 19.4. The zero-order valence-corrected chi connectivity index (χ0v) is 12.7. The molecule has 2 aromatic carbocycles. The van der Waals surface area contributed by atoms with Crippen molar-refractivity contribution in [2.75, 3.05) is 0 Å². The van der Waals surface area contributed by atoms with Crippen LogP contribution in [0.25, 0.3) is 0 Å². The number of carbonyl (C=O) groups is 2. The molecule has 0 radical (unpaired) electrons. The fourth-order valence-electron chi connectivity index (χ4n) is 2.11. The van der Waals surface area contributed by atoms with Crippen molar-refractivity contribution in [1.29, 1.82) is 0 Å². The number of hydrogen-bond donors (Lipinski definition) is 2. The lowest BCUT2D eigenvalue weighted by Gasteiger charge is -2.20. The van der Waals surface area contributed by atoms with E-state index in [-0.39, 0.29) is 17.7 Å². The Balaban J connectivity index is 2.09. The largest absolute Gasteiger partial charge is 0.548 e. The van der Waals surface area contributed by atoms with Crippen LogP contribution in [0.4, 0.5) is 13.2 Å². The van der Waals surface area contributed by atoms with E-state index >= 15 is 0 Å². The third-order valence-corrected chi connectivity index (χ3v) is 3.44. The quantitative estimate of drug-likeness (QED) is 0.853. The van der Waals surface area contributed by atoms with Crippen molar-refractivity contribution >= 4 is 11.9 Å². The van der Waals surface area contributed by atoms with E-state index in [9.17, 15) is 33.0 Å². The van der Waals surface area contributed by atoms with Crippen LogP contribution >= 0.6 is 0 Å². The smallest absolute Gasteiger partial charge is 0.416 e. The summed E-state index contributed by atoms with van der Waals surface area (Å²) in [6.07, 6.45) is -4.63. The van der Waals surface area contributed by atoms with Crippen molar-refractivity contribution in [3.8, 4) is 5.75 Å². The lowest BCUT2D eigenvalue weighted by Crippen LogP contribution is -2.49. The summed E-state index contributed by atoms with van der Waals surface area (Å²) in [7, 11) is 0. The molecule has 8 heteroatoms. The van der Waals surface area contributed by atoms with Gasteiger partial charge in [-0.2, -0.15) is 13.2 Å². The Labute approximate surface area is 140 Å². The van der Waals surface area contributed by atoms with E-state index in [1.807, 2.05) is 0 Å². The number of phenols is 1. The van der Waals surface area contributed by atoms with Crippen LogP contribution in [-0.2, 0) is 17.4 Å².